The zero-order valence-corrected chi connectivity index (χ0v) is 11.4. The molecule has 2 rings (SSSR count). The standard InChI is InChI=1S/C11H9Cl2N3OS/c12-6-1-2-7(8(13)3-6)9-5-18-11(15-9)16-10(17)4-14/h1-3,5H,4,14H2,(H,15,16,17). The van der Waals surface area contributed by atoms with E-state index in [1.165, 1.54) is 11.3 Å². The molecule has 0 atom stereocenters. The second kappa shape index (κ2) is 5.67. The van der Waals surface area contributed by atoms with Gasteiger partial charge in [0.25, 0.3) is 0 Å². The summed E-state index contributed by atoms with van der Waals surface area (Å²) < 4.78 is 0. The smallest absolute Gasteiger partial charge is 0.239 e. The topological polar surface area (TPSA) is 68.0 Å². The maximum Gasteiger partial charge on any atom is 0.239 e. The van der Waals surface area contributed by atoms with E-state index in [4.69, 9.17) is 28.9 Å². The Kier molecular flexibility index (Phi) is 4.19. The van der Waals surface area contributed by atoms with Crippen LogP contribution in [0.15, 0.2) is 23.6 Å². The number of anilines is 1. The van der Waals surface area contributed by atoms with Crippen molar-refractivity contribution in [3.63, 3.8) is 0 Å². The van der Waals surface area contributed by atoms with Gasteiger partial charge in [0.2, 0.25) is 5.91 Å². The summed E-state index contributed by atoms with van der Waals surface area (Å²) in [4.78, 5) is 15.4. The Morgan fingerprint density at radius 2 is 2.22 bits per heavy atom. The van der Waals surface area contributed by atoms with Crippen LogP contribution in [0.5, 0.6) is 0 Å². The lowest BCUT2D eigenvalue weighted by Gasteiger charge is -2.01. The first-order chi connectivity index (χ1) is 8.60. The maximum absolute atomic E-state index is 11.1. The first-order valence-corrected chi connectivity index (χ1v) is 6.64. The van der Waals surface area contributed by atoms with Crippen LogP contribution in [0, 0.1) is 0 Å². The molecule has 0 aliphatic heterocycles. The van der Waals surface area contributed by atoms with Crippen molar-refractivity contribution in [1.29, 1.82) is 0 Å². The lowest BCUT2D eigenvalue weighted by atomic mass is 10.2. The Morgan fingerprint density at radius 3 is 2.89 bits per heavy atom. The number of thiazole rings is 1. The van der Waals surface area contributed by atoms with Gasteiger partial charge in [0.1, 0.15) is 0 Å². The number of halogens is 2. The predicted molar refractivity (Wildman–Crippen MR) is 75.3 cm³/mol. The number of benzene rings is 1. The summed E-state index contributed by atoms with van der Waals surface area (Å²) in [6.45, 7) is -0.0728. The van der Waals surface area contributed by atoms with Crippen LogP contribution in [-0.2, 0) is 4.79 Å². The quantitative estimate of drug-likeness (QED) is 0.915. The van der Waals surface area contributed by atoms with Gasteiger partial charge < -0.3 is 11.1 Å². The van der Waals surface area contributed by atoms with Gasteiger partial charge in [-0.15, -0.1) is 11.3 Å². The number of hydrogen-bond donors (Lipinski definition) is 2. The molecule has 0 bridgehead atoms. The molecule has 1 heterocycles. The van der Waals surface area contributed by atoms with Gasteiger partial charge in [-0.2, -0.15) is 0 Å². The Labute approximate surface area is 118 Å². The Morgan fingerprint density at radius 1 is 1.44 bits per heavy atom. The van der Waals surface area contributed by atoms with E-state index >= 15 is 0 Å². The summed E-state index contributed by atoms with van der Waals surface area (Å²) in [6, 6.07) is 5.17. The molecular weight excluding hydrogens is 293 g/mol. The van der Waals surface area contributed by atoms with Gasteiger partial charge in [0.05, 0.1) is 17.3 Å². The van der Waals surface area contributed by atoms with Crippen LogP contribution in [0.25, 0.3) is 11.3 Å². The molecule has 0 aliphatic carbocycles. The fraction of sp³-hybridized carbons (Fsp3) is 0.0909. The Bertz CT molecular complexity index is 585. The van der Waals surface area contributed by atoms with Crippen molar-refractivity contribution in [2.24, 2.45) is 5.73 Å². The molecule has 0 saturated heterocycles. The molecule has 7 heteroatoms. The SMILES string of the molecule is NCC(=O)Nc1nc(-c2ccc(Cl)cc2Cl)cs1. The molecule has 4 nitrogen and oxygen atoms in total. The van der Waals surface area contributed by atoms with Crippen molar-refractivity contribution in [2.75, 3.05) is 11.9 Å². The highest BCUT2D eigenvalue weighted by Crippen LogP contribution is 2.32. The van der Waals surface area contributed by atoms with Crippen molar-refractivity contribution in [2.45, 2.75) is 0 Å². The number of nitrogens with one attached hydrogen (secondary N) is 1. The summed E-state index contributed by atoms with van der Waals surface area (Å²) >= 11 is 13.2. The normalized spacial score (nSPS) is 10.4. The predicted octanol–water partition coefficient (Wildman–Crippen LogP) is 3.01. The number of hydrogen-bond acceptors (Lipinski definition) is 4. The second-order valence-corrected chi connectivity index (χ2v) is 5.12. The summed E-state index contributed by atoms with van der Waals surface area (Å²) in [6.07, 6.45) is 0. The number of carbonyl (C=O) groups excluding carboxylic acids is 1. The van der Waals surface area contributed by atoms with Crippen LogP contribution in [0.1, 0.15) is 0 Å². The molecule has 1 aromatic heterocycles. The minimum atomic E-state index is -0.280. The van der Waals surface area contributed by atoms with Crippen molar-refractivity contribution >= 4 is 45.6 Å². The third kappa shape index (κ3) is 3.00. The highest BCUT2D eigenvalue weighted by Gasteiger charge is 2.10. The number of rotatable bonds is 3. The van der Waals surface area contributed by atoms with Gasteiger partial charge in [-0.25, -0.2) is 4.98 Å². The van der Waals surface area contributed by atoms with Crippen molar-refractivity contribution < 1.29 is 4.79 Å². The maximum atomic E-state index is 11.1. The highest BCUT2D eigenvalue weighted by atomic mass is 35.5. The minimum Gasteiger partial charge on any atom is -0.322 e. The average molecular weight is 302 g/mol. The summed E-state index contributed by atoms with van der Waals surface area (Å²) in [5.74, 6) is -0.280. The van der Waals surface area contributed by atoms with Crippen LogP contribution in [0.4, 0.5) is 5.13 Å². The first-order valence-electron chi connectivity index (χ1n) is 5.01. The van der Waals surface area contributed by atoms with E-state index < -0.39 is 0 Å². The molecule has 1 amide bonds. The molecule has 0 saturated carbocycles. The van der Waals surface area contributed by atoms with Gasteiger partial charge in [0.15, 0.2) is 5.13 Å². The fourth-order valence-corrected chi connectivity index (χ4v) is 2.55. The molecule has 94 valence electrons. The van der Waals surface area contributed by atoms with Crippen LogP contribution < -0.4 is 11.1 Å². The molecule has 3 N–H and O–H groups in total. The van der Waals surface area contributed by atoms with Gasteiger partial charge in [-0.1, -0.05) is 23.2 Å². The van der Waals surface area contributed by atoms with Crippen LogP contribution >= 0.6 is 34.5 Å². The zero-order valence-electron chi connectivity index (χ0n) is 9.11. The van der Waals surface area contributed by atoms with E-state index in [0.29, 0.717) is 20.9 Å². The number of aromatic nitrogens is 1. The fourth-order valence-electron chi connectivity index (χ4n) is 1.32. The van der Waals surface area contributed by atoms with Crippen molar-refractivity contribution in [1.82, 2.24) is 4.98 Å². The van der Waals surface area contributed by atoms with Gasteiger partial charge in [-0.3, -0.25) is 4.79 Å². The van der Waals surface area contributed by atoms with Gasteiger partial charge in [0, 0.05) is 16.0 Å². The van der Waals surface area contributed by atoms with Gasteiger partial charge >= 0.3 is 0 Å². The number of nitrogens with two attached hydrogens (primary N) is 1. The molecular formula is C11H9Cl2N3OS. The molecule has 1 aromatic carbocycles. The summed E-state index contributed by atoms with van der Waals surface area (Å²) in [7, 11) is 0. The molecule has 0 aliphatic rings. The second-order valence-electron chi connectivity index (χ2n) is 3.41. The van der Waals surface area contributed by atoms with E-state index in [9.17, 15) is 4.79 Å². The Hall–Kier alpha value is -1.14. The molecule has 0 fully saturated rings. The molecule has 2 aromatic rings. The molecule has 0 spiro atoms. The third-order valence-corrected chi connectivity index (χ3v) is 3.45. The lowest BCUT2D eigenvalue weighted by Crippen LogP contribution is -2.21. The monoisotopic (exact) mass is 301 g/mol. The molecule has 18 heavy (non-hydrogen) atoms. The van der Waals surface area contributed by atoms with E-state index in [1.54, 1.807) is 23.6 Å². The number of amides is 1. The number of carbonyl (C=O) groups is 1. The van der Waals surface area contributed by atoms with E-state index in [1.807, 2.05) is 0 Å². The third-order valence-electron chi connectivity index (χ3n) is 2.14. The first kappa shape index (κ1) is 13.3. The minimum absolute atomic E-state index is 0.0728. The van der Waals surface area contributed by atoms with Crippen molar-refractivity contribution in [3.8, 4) is 11.3 Å². The highest BCUT2D eigenvalue weighted by molar-refractivity contribution is 7.14. The van der Waals surface area contributed by atoms with Crippen LogP contribution in [-0.4, -0.2) is 17.4 Å². The average Bonchev–Trinajstić information content (AvgIpc) is 2.77. The molecule has 0 unspecified atom stereocenters. The zero-order chi connectivity index (χ0) is 13.1. The van der Waals surface area contributed by atoms with Crippen molar-refractivity contribution in [3.05, 3.63) is 33.6 Å². The summed E-state index contributed by atoms with van der Waals surface area (Å²) in [5.41, 5.74) is 6.67. The number of nitrogens with zero attached hydrogens (tertiary/aromatic N) is 1. The van der Waals surface area contributed by atoms with Crippen LogP contribution in [0.2, 0.25) is 10.0 Å². The van der Waals surface area contributed by atoms with Gasteiger partial charge in [-0.05, 0) is 18.2 Å². The van der Waals surface area contributed by atoms with Crippen LogP contribution in [0.3, 0.4) is 0 Å². The van der Waals surface area contributed by atoms with E-state index in [0.717, 1.165) is 5.56 Å². The Balaban J connectivity index is 2.26. The van der Waals surface area contributed by atoms with E-state index in [2.05, 4.69) is 10.3 Å². The molecule has 0 radical (unpaired) electrons. The lowest BCUT2D eigenvalue weighted by molar-refractivity contribution is -0.114. The largest absolute Gasteiger partial charge is 0.322 e. The summed E-state index contributed by atoms with van der Waals surface area (Å²) in [5, 5.41) is 5.97. The van der Waals surface area contributed by atoms with E-state index in [-0.39, 0.29) is 12.5 Å².